The standard InChI is InChI=1S/C27H28ClN7O2/c1-16-5-10-20(11-6-16)30-26-33-25(34-27(35-26)31-21-12-7-17(2)8-13-21)29-18(3)24(36)32-22-15-19(28)9-14-23(22)37-4/h5-15,18H,1-4H3,(H,32,36)(H3,29,30,31,33,34,35)/t18-/m1/s1. The van der Waals surface area contributed by atoms with Crippen molar-refractivity contribution in [2.45, 2.75) is 26.8 Å². The summed E-state index contributed by atoms with van der Waals surface area (Å²) in [6, 6.07) is 20.0. The summed E-state index contributed by atoms with van der Waals surface area (Å²) in [5.74, 6) is 1.04. The Bertz CT molecular complexity index is 1310. The number of carbonyl (C=O) groups excluding carboxylic acids is 1. The first-order chi connectivity index (χ1) is 17.8. The van der Waals surface area contributed by atoms with Crippen molar-refractivity contribution in [2.75, 3.05) is 28.4 Å². The molecule has 0 bridgehead atoms. The van der Waals surface area contributed by atoms with Crippen LogP contribution in [0.5, 0.6) is 5.75 Å². The molecule has 1 heterocycles. The van der Waals surface area contributed by atoms with Crippen LogP contribution in [0.4, 0.5) is 34.9 Å². The largest absolute Gasteiger partial charge is 0.495 e. The first-order valence-electron chi connectivity index (χ1n) is 11.6. The maximum Gasteiger partial charge on any atom is 0.246 e. The van der Waals surface area contributed by atoms with E-state index in [1.165, 1.54) is 7.11 Å². The number of rotatable bonds is 9. The second-order valence-electron chi connectivity index (χ2n) is 8.49. The van der Waals surface area contributed by atoms with Gasteiger partial charge in [-0.05, 0) is 63.2 Å². The molecule has 4 N–H and O–H groups in total. The number of methoxy groups -OCH3 is 1. The number of anilines is 6. The monoisotopic (exact) mass is 517 g/mol. The molecule has 0 saturated carbocycles. The highest BCUT2D eigenvalue weighted by Crippen LogP contribution is 2.28. The van der Waals surface area contributed by atoms with Crippen LogP contribution < -0.4 is 26.0 Å². The number of hydrogen-bond acceptors (Lipinski definition) is 8. The molecule has 1 atom stereocenters. The minimum Gasteiger partial charge on any atom is -0.495 e. The van der Waals surface area contributed by atoms with Gasteiger partial charge in [0.25, 0.3) is 0 Å². The number of nitrogens with zero attached hydrogens (tertiary/aromatic N) is 3. The van der Waals surface area contributed by atoms with Gasteiger partial charge in [0.2, 0.25) is 23.8 Å². The van der Waals surface area contributed by atoms with Crippen molar-refractivity contribution in [2.24, 2.45) is 0 Å². The minimum atomic E-state index is -0.689. The molecule has 0 spiro atoms. The van der Waals surface area contributed by atoms with Crippen molar-refractivity contribution in [3.05, 3.63) is 82.9 Å². The Morgan fingerprint density at radius 1 is 0.811 bits per heavy atom. The van der Waals surface area contributed by atoms with E-state index >= 15 is 0 Å². The van der Waals surface area contributed by atoms with Crippen molar-refractivity contribution in [3.63, 3.8) is 0 Å². The van der Waals surface area contributed by atoms with E-state index < -0.39 is 6.04 Å². The highest BCUT2D eigenvalue weighted by molar-refractivity contribution is 6.31. The van der Waals surface area contributed by atoms with Crippen LogP contribution in [0.15, 0.2) is 66.7 Å². The second kappa shape index (κ2) is 11.6. The second-order valence-corrected chi connectivity index (χ2v) is 8.92. The Hall–Kier alpha value is -4.37. The fraction of sp³-hybridized carbons (Fsp3) is 0.185. The molecule has 0 saturated heterocycles. The first kappa shape index (κ1) is 25.7. The van der Waals surface area contributed by atoms with Gasteiger partial charge in [-0.3, -0.25) is 4.79 Å². The molecule has 4 rings (SSSR count). The number of carbonyl (C=O) groups is 1. The molecule has 10 heteroatoms. The van der Waals surface area contributed by atoms with Crippen LogP contribution in [0.25, 0.3) is 0 Å². The molecule has 0 aliphatic heterocycles. The summed E-state index contributed by atoms with van der Waals surface area (Å²) in [5, 5.41) is 12.8. The molecule has 0 aliphatic rings. The molecule has 0 radical (unpaired) electrons. The summed E-state index contributed by atoms with van der Waals surface area (Å²) >= 11 is 6.09. The molecule has 1 aromatic heterocycles. The van der Waals surface area contributed by atoms with E-state index in [2.05, 4.69) is 36.2 Å². The van der Waals surface area contributed by atoms with Crippen molar-refractivity contribution in [1.82, 2.24) is 15.0 Å². The molecule has 37 heavy (non-hydrogen) atoms. The molecule has 0 unspecified atom stereocenters. The van der Waals surface area contributed by atoms with Gasteiger partial charge in [-0.25, -0.2) is 0 Å². The fourth-order valence-electron chi connectivity index (χ4n) is 3.36. The summed E-state index contributed by atoms with van der Waals surface area (Å²) in [6.07, 6.45) is 0. The van der Waals surface area contributed by atoms with Crippen LogP contribution >= 0.6 is 11.6 Å². The van der Waals surface area contributed by atoms with Gasteiger partial charge < -0.3 is 26.0 Å². The van der Waals surface area contributed by atoms with Gasteiger partial charge in [-0.1, -0.05) is 47.0 Å². The summed E-state index contributed by atoms with van der Waals surface area (Å²) in [5.41, 5.74) is 4.39. The third kappa shape index (κ3) is 7.08. The lowest BCUT2D eigenvalue weighted by molar-refractivity contribution is -0.116. The number of aryl methyl sites for hydroxylation is 2. The number of hydrogen-bond donors (Lipinski definition) is 4. The van der Waals surface area contributed by atoms with Gasteiger partial charge in [0.15, 0.2) is 0 Å². The Balaban J connectivity index is 1.56. The summed E-state index contributed by atoms with van der Waals surface area (Å²) in [4.78, 5) is 26.4. The smallest absolute Gasteiger partial charge is 0.246 e. The van der Waals surface area contributed by atoms with E-state index in [-0.39, 0.29) is 11.9 Å². The molecule has 4 aromatic rings. The predicted molar refractivity (Wildman–Crippen MR) is 148 cm³/mol. The molecule has 190 valence electrons. The van der Waals surface area contributed by atoms with E-state index in [0.717, 1.165) is 22.5 Å². The molecule has 0 aliphatic carbocycles. The van der Waals surface area contributed by atoms with Gasteiger partial charge in [-0.15, -0.1) is 0 Å². The molecular formula is C27H28ClN7O2. The van der Waals surface area contributed by atoms with Crippen LogP contribution in [-0.2, 0) is 4.79 Å². The third-order valence-corrected chi connectivity index (χ3v) is 5.64. The van der Waals surface area contributed by atoms with Gasteiger partial charge in [0.1, 0.15) is 11.8 Å². The van der Waals surface area contributed by atoms with E-state index in [1.54, 1.807) is 25.1 Å². The maximum absolute atomic E-state index is 12.9. The van der Waals surface area contributed by atoms with Gasteiger partial charge >= 0.3 is 0 Å². The topological polar surface area (TPSA) is 113 Å². The number of aromatic nitrogens is 3. The Labute approximate surface area is 220 Å². The average molecular weight is 518 g/mol. The highest BCUT2D eigenvalue weighted by Gasteiger charge is 2.18. The predicted octanol–water partition coefficient (Wildman–Crippen LogP) is 6.08. The number of amides is 1. The van der Waals surface area contributed by atoms with Crippen LogP contribution in [0.2, 0.25) is 5.02 Å². The molecular weight excluding hydrogens is 490 g/mol. The van der Waals surface area contributed by atoms with Crippen molar-refractivity contribution in [1.29, 1.82) is 0 Å². The number of ether oxygens (including phenoxy) is 1. The number of nitrogens with one attached hydrogen (secondary N) is 4. The van der Waals surface area contributed by atoms with Gasteiger partial charge in [0, 0.05) is 16.4 Å². The SMILES string of the molecule is COc1ccc(Cl)cc1NC(=O)[C@@H](C)Nc1nc(Nc2ccc(C)cc2)nc(Nc2ccc(C)cc2)n1. The zero-order chi connectivity index (χ0) is 26.4. The lowest BCUT2D eigenvalue weighted by Gasteiger charge is -2.17. The normalized spacial score (nSPS) is 11.4. The van der Waals surface area contributed by atoms with E-state index in [9.17, 15) is 4.79 Å². The third-order valence-electron chi connectivity index (χ3n) is 5.41. The van der Waals surface area contributed by atoms with Crippen LogP contribution in [-0.4, -0.2) is 34.0 Å². The minimum absolute atomic E-state index is 0.222. The van der Waals surface area contributed by atoms with Crippen LogP contribution in [0.1, 0.15) is 18.1 Å². The molecule has 1 amide bonds. The van der Waals surface area contributed by atoms with Crippen molar-refractivity contribution >= 4 is 52.4 Å². The summed E-state index contributed by atoms with van der Waals surface area (Å²) in [6.45, 7) is 5.74. The zero-order valence-corrected chi connectivity index (χ0v) is 21.7. The Morgan fingerprint density at radius 2 is 1.32 bits per heavy atom. The summed E-state index contributed by atoms with van der Waals surface area (Å²) < 4.78 is 5.32. The summed E-state index contributed by atoms with van der Waals surface area (Å²) in [7, 11) is 1.52. The maximum atomic E-state index is 12.9. The highest BCUT2D eigenvalue weighted by atomic mass is 35.5. The lowest BCUT2D eigenvalue weighted by atomic mass is 10.2. The van der Waals surface area contributed by atoms with E-state index in [4.69, 9.17) is 16.3 Å². The average Bonchev–Trinajstić information content (AvgIpc) is 2.87. The van der Waals surface area contributed by atoms with Crippen molar-refractivity contribution in [3.8, 4) is 5.75 Å². The van der Waals surface area contributed by atoms with Crippen molar-refractivity contribution < 1.29 is 9.53 Å². The van der Waals surface area contributed by atoms with Crippen LogP contribution in [0, 0.1) is 13.8 Å². The van der Waals surface area contributed by atoms with Gasteiger partial charge in [-0.2, -0.15) is 15.0 Å². The molecule has 3 aromatic carbocycles. The van der Waals surface area contributed by atoms with Crippen LogP contribution in [0.3, 0.4) is 0 Å². The Morgan fingerprint density at radius 3 is 1.84 bits per heavy atom. The zero-order valence-electron chi connectivity index (χ0n) is 21.0. The van der Waals surface area contributed by atoms with Gasteiger partial charge in [0.05, 0.1) is 12.8 Å². The number of benzene rings is 3. The fourth-order valence-corrected chi connectivity index (χ4v) is 3.53. The van der Waals surface area contributed by atoms with E-state index in [1.807, 2.05) is 62.4 Å². The molecule has 9 nitrogen and oxygen atoms in total. The number of halogens is 1. The Kier molecular flexibility index (Phi) is 8.05. The van der Waals surface area contributed by atoms with E-state index in [0.29, 0.717) is 28.4 Å². The molecule has 0 fully saturated rings. The lowest BCUT2D eigenvalue weighted by Crippen LogP contribution is -2.32. The quantitative estimate of drug-likeness (QED) is 0.211. The first-order valence-corrected chi connectivity index (χ1v) is 12.0.